The SMILES string of the molecule is CCC1CCN(CC(C#N)NC2CC2)C1. The van der Waals surface area contributed by atoms with Gasteiger partial charge < -0.3 is 4.90 Å². The highest BCUT2D eigenvalue weighted by Gasteiger charge is 2.27. The normalized spacial score (nSPS) is 28.9. The number of nitrogens with zero attached hydrogens (tertiary/aromatic N) is 2. The molecular weight excluding hydrogens is 186 g/mol. The van der Waals surface area contributed by atoms with Gasteiger partial charge in [-0.1, -0.05) is 13.3 Å². The Labute approximate surface area is 92.4 Å². The molecule has 0 spiro atoms. The van der Waals surface area contributed by atoms with E-state index in [1.165, 1.54) is 38.8 Å². The minimum Gasteiger partial charge on any atom is -0.300 e. The fourth-order valence-electron chi connectivity index (χ4n) is 2.34. The molecule has 84 valence electrons. The van der Waals surface area contributed by atoms with Gasteiger partial charge in [-0.05, 0) is 31.7 Å². The molecule has 2 rings (SSSR count). The third-order valence-corrected chi connectivity index (χ3v) is 3.56. The Hall–Kier alpha value is -0.590. The Bertz CT molecular complexity index is 242. The van der Waals surface area contributed by atoms with E-state index in [9.17, 15) is 0 Å². The van der Waals surface area contributed by atoms with Crippen LogP contribution in [0.2, 0.25) is 0 Å². The second-order valence-corrected chi connectivity index (χ2v) is 4.95. The Kier molecular flexibility index (Phi) is 3.61. The zero-order valence-electron chi connectivity index (χ0n) is 9.58. The maximum Gasteiger partial charge on any atom is 0.108 e. The fourth-order valence-corrected chi connectivity index (χ4v) is 2.34. The Balaban J connectivity index is 1.72. The smallest absolute Gasteiger partial charge is 0.108 e. The molecule has 0 aromatic carbocycles. The van der Waals surface area contributed by atoms with E-state index in [2.05, 4.69) is 23.2 Å². The van der Waals surface area contributed by atoms with Gasteiger partial charge in [0.05, 0.1) is 6.07 Å². The summed E-state index contributed by atoms with van der Waals surface area (Å²) in [5.41, 5.74) is 0. The molecule has 1 aliphatic carbocycles. The van der Waals surface area contributed by atoms with Gasteiger partial charge in [-0.25, -0.2) is 0 Å². The van der Waals surface area contributed by atoms with Gasteiger partial charge in [-0.2, -0.15) is 5.26 Å². The predicted octanol–water partition coefficient (Wildman–Crippen LogP) is 1.36. The highest BCUT2D eigenvalue weighted by Crippen LogP contribution is 2.21. The largest absolute Gasteiger partial charge is 0.300 e. The quantitative estimate of drug-likeness (QED) is 0.740. The maximum atomic E-state index is 9.05. The lowest BCUT2D eigenvalue weighted by Crippen LogP contribution is -2.40. The van der Waals surface area contributed by atoms with Crippen LogP contribution >= 0.6 is 0 Å². The molecular formula is C12H21N3. The number of rotatable bonds is 5. The number of nitriles is 1. The summed E-state index contributed by atoms with van der Waals surface area (Å²) < 4.78 is 0. The van der Waals surface area contributed by atoms with Gasteiger partial charge >= 0.3 is 0 Å². The molecule has 1 aliphatic heterocycles. The second kappa shape index (κ2) is 4.96. The summed E-state index contributed by atoms with van der Waals surface area (Å²) in [4.78, 5) is 2.44. The Morgan fingerprint density at radius 2 is 2.27 bits per heavy atom. The maximum absolute atomic E-state index is 9.05. The summed E-state index contributed by atoms with van der Waals surface area (Å²) in [5.74, 6) is 0.866. The van der Waals surface area contributed by atoms with Crippen LogP contribution in [-0.2, 0) is 0 Å². The molecule has 2 fully saturated rings. The van der Waals surface area contributed by atoms with Crippen molar-refractivity contribution in [2.75, 3.05) is 19.6 Å². The minimum absolute atomic E-state index is 0.0492. The fraction of sp³-hybridized carbons (Fsp3) is 0.917. The summed E-state index contributed by atoms with van der Waals surface area (Å²) in [5, 5.41) is 12.4. The lowest BCUT2D eigenvalue weighted by atomic mass is 10.1. The second-order valence-electron chi connectivity index (χ2n) is 4.95. The number of hydrogen-bond donors (Lipinski definition) is 1. The summed E-state index contributed by atoms with van der Waals surface area (Å²) >= 11 is 0. The zero-order chi connectivity index (χ0) is 10.7. The van der Waals surface area contributed by atoms with Crippen molar-refractivity contribution in [2.24, 2.45) is 5.92 Å². The van der Waals surface area contributed by atoms with E-state index in [4.69, 9.17) is 5.26 Å². The van der Waals surface area contributed by atoms with Crippen molar-refractivity contribution < 1.29 is 0 Å². The van der Waals surface area contributed by atoms with Crippen molar-refractivity contribution >= 4 is 0 Å². The topological polar surface area (TPSA) is 39.1 Å². The van der Waals surface area contributed by atoms with Crippen molar-refractivity contribution in [2.45, 2.75) is 44.7 Å². The molecule has 0 aromatic heterocycles. The zero-order valence-corrected chi connectivity index (χ0v) is 9.58. The monoisotopic (exact) mass is 207 g/mol. The van der Waals surface area contributed by atoms with Gasteiger partial charge in [-0.15, -0.1) is 0 Å². The Morgan fingerprint density at radius 1 is 1.47 bits per heavy atom. The van der Waals surface area contributed by atoms with Crippen molar-refractivity contribution in [1.82, 2.24) is 10.2 Å². The number of hydrogen-bond acceptors (Lipinski definition) is 3. The third kappa shape index (κ3) is 3.19. The lowest BCUT2D eigenvalue weighted by Gasteiger charge is -2.19. The first-order valence-corrected chi connectivity index (χ1v) is 6.19. The van der Waals surface area contributed by atoms with E-state index in [0.29, 0.717) is 6.04 Å². The number of likely N-dealkylation sites (tertiary alicyclic amines) is 1. The van der Waals surface area contributed by atoms with Gasteiger partial charge in [0.15, 0.2) is 0 Å². The average Bonchev–Trinajstić information content (AvgIpc) is 2.95. The third-order valence-electron chi connectivity index (χ3n) is 3.56. The van der Waals surface area contributed by atoms with E-state index in [-0.39, 0.29) is 6.04 Å². The predicted molar refractivity (Wildman–Crippen MR) is 60.4 cm³/mol. The molecule has 1 saturated carbocycles. The van der Waals surface area contributed by atoms with Crippen LogP contribution in [0.25, 0.3) is 0 Å². The molecule has 3 nitrogen and oxygen atoms in total. The highest BCUT2D eigenvalue weighted by atomic mass is 15.2. The minimum atomic E-state index is 0.0492. The molecule has 1 saturated heterocycles. The number of nitrogens with one attached hydrogen (secondary N) is 1. The van der Waals surface area contributed by atoms with Gasteiger partial charge in [0.1, 0.15) is 6.04 Å². The molecule has 15 heavy (non-hydrogen) atoms. The summed E-state index contributed by atoms with van der Waals surface area (Å²) in [7, 11) is 0. The summed E-state index contributed by atoms with van der Waals surface area (Å²) in [6.45, 7) is 5.56. The molecule has 0 bridgehead atoms. The lowest BCUT2D eigenvalue weighted by molar-refractivity contribution is 0.300. The highest BCUT2D eigenvalue weighted by molar-refractivity contribution is 4.98. The van der Waals surface area contributed by atoms with Crippen molar-refractivity contribution in [3.05, 3.63) is 0 Å². The molecule has 0 aromatic rings. The standard InChI is InChI=1S/C12H21N3/c1-2-10-5-6-15(8-10)9-12(7-13)14-11-3-4-11/h10-12,14H,2-6,8-9H2,1H3. The van der Waals surface area contributed by atoms with Crippen LogP contribution in [0.4, 0.5) is 0 Å². The van der Waals surface area contributed by atoms with E-state index < -0.39 is 0 Å². The van der Waals surface area contributed by atoms with Crippen LogP contribution in [0, 0.1) is 17.2 Å². The van der Waals surface area contributed by atoms with Crippen LogP contribution in [0.3, 0.4) is 0 Å². The molecule has 0 amide bonds. The molecule has 3 heteroatoms. The molecule has 1 N–H and O–H groups in total. The van der Waals surface area contributed by atoms with E-state index in [0.717, 1.165) is 12.5 Å². The van der Waals surface area contributed by atoms with E-state index in [1.807, 2.05) is 0 Å². The first kappa shape index (κ1) is 10.9. The van der Waals surface area contributed by atoms with Crippen molar-refractivity contribution in [3.8, 4) is 6.07 Å². The van der Waals surface area contributed by atoms with Gasteiger partial charge in [0.25, 0.3) is 0 Å². The first-order valence-electron chi connectivity index (χ1n) is 6.19. The van der Waals surface area contributed by atoms with Crippen LogP contribution in [-0.4, -0.2) is 36.6 Å². The summed E-state index contributed by atoms with van der Waals surface area (Å²) in [6, 6.07) is 3.07. The molecule has 2 atom stereocenters. The summed E-state index contributed by atoms with van der Waals surface area (Å²) in [6.07, 6.45) is 5.12. The van der Waals surface area contributed by atoms with Crippen molar-refractivity contribution in [3.63, 3.8) is 0 Å². The van der Waals surface area contributed by atoms with E-state index in [1.54, 1.807) is 0 Å². The molecule has 2 unspecified atom stereocenters. The van der Waals surface area contributed by atoms with Crippen molar-refractivity contribution in [1.29, 1.82) is 5.26 Å². The van der Waals surface area contributed by atoms with Crippen LogP contribution < -0.4 is 5.32 Å². The van der Waals surface area contributed by atoms with Gasteiger partial charge in [0.2, 0.25) is 0 Å². The molecule has 2 aliphatic rings. The van der Waals surface area contributed by atoms with E-state index >= 15 is 0 Å². The molecule has 1 heterocycles. The van der Waals surface area contributed by atoms with Crippen LogP contribution in [0.5, 0.6) is 0 Å². The average molecular weight is 207 g/mol. The first-order chi connectivity index (χ1) is 7.31. The van der Waals surface area contributed by atoms with Gasteiger partial charge in [0, 0.05) is 19.1 Å². The van der Waals surface area contributed by atoms with Crippen LogP contribution in [0.15, 0.2) is 0 Å². The van der Waals surface area contributed by atoms with Gasteiger partial charge in [-0.3, -0.25) is 5.32 Å². The Morgan fingerprint density at radius 3 is 2.80 bits per heavy atom. The molecule has 0 radical (unpaired) electrons. The van der Waals surface area contributed by atoms with Crippen LogP contribution in [0.1, 0.15) is 32.6 Å².